The molecule has 1 aromatic carbocycles. The normalized spacial score (nSPS) is 18.1. The second kappa shape index (κ2) is 11.1. The average Bonchev–Trinajstić information content (AvgIpc) is 3.30. The van der Waals surface area contributed by atoms with E-state index < -0.39 is 48.2 Å². The van der Waals surface area contributed by atoms with Gasteiger partial charge in [-0.3, -0.25) is 4.79 Å². The SMILES string of the molecule is CCOC(=O)n1nc2c(c1NC(=O)C1([Si-](C)(C)C)CCC1)CN(C(=O)N[C@H](CC(C)(C)O)c1cccc(F)c1)C2(C)C. The van der Waals surface area contributed by atoms with Crippen LogP contribution in [0.2, 0.25) is 24.7 Å². The first-order valence-corrected chi connectivity index (χ1v) is 18.1. The van der Waals surface area contributed by atoms with Gasteiger partial charge in [-0.15, -0.1) is 12.8 Å². The van der Waals surface area contributed by atoms with Crippen molar-refractivity contribution in [1.29, 1.82) is 0 Å². The summed E-state index contributed by atoms with van der Waals surface area (Å²) in [5, 5.41) is 20.7. The minimum atomic E-state index is -1.92. The highest BCUT2D eigenvalue weighted by atomic mass is 28.3. The van der Waals surface area contributed by atoms with Gasteiger partial charge in [0.25, 0.3) is 0 Å². The monoisotopic (exact) mass is 601 g/mol. The molecule has 1 atom stereocenters. The number of nitrogens with one attached hydrogen (secondary N) is 2. The molecule has 12 heteroatoms. The van der Waals surface area contributed by atoms with Gasteiger partial charge in [0.2, 0.25) is 5.91 Å². The highest BCUT2D eigenvalue weighted by molar-refractivity contribution is 6.83. The van der Waals surface area contributed by atoms with Gasteiger partial charge in [0.15, 0.2) is 0 Å². The number of hydrogen-bond acceptors (Lipinski definition) is 6. The van der Waals surface area contributed by atoms with E-state index in [4.69, 9.17) is 4.74 Å². The van der Waals surface area contributed by atoms with Crippen LogP contribution in [-0.2, 0) is 21.6 Å². The number of halogens is 1. The van der Waals surface area contributed by atoms with E-state index in [1.54, 1.807) is 37.8 Å². The van der Waals surface area contributed by atoms with Gasteiger partial charge in [0, 0.05) is 12.0 Å². The summed E-state index contributed by atoms with van der Waals surface area (Å²) in [6, 6.07) is 4.80. The molecular formula is C30H44FN5O5Si-. The number of carbonyl (C=O) groups is 3. The van der Waals surface area contributed by atoms with Crippen LogP contribution in [0.15, 0.2) is 24.3 Å². The Kier molecular flexibility index (Phi) is 8.38. The van der Waals surface area contributed by atoms with Crippen LogP contribution in [0.4, 0.5) is 19.8 Å². The van der Waals surface area contributed by atoms with Crippen molar-refractivity contribution in [2.75, 3.05) is 11.9 Å². The summed E-state index contributed by atoms with van der Waals surface area (Å²) in [6.45, 7) is 15.3. The van der Waals surface area contributed by atoms with Crippen molar-refractivity contribution in [2.45, 2.75) is 109 Å². The molecule has 0 spiro atoms. The predicted octanol–water partition coefficient (Wildman–Crippen LogP) is 5.89. The number of nitrogens with zero attached hydrogens (tertiary/aromatic N) is 3. The quantitative estimate of drug-likeness (QED) is 0.324. The molecule has 1 saturated carbocycles. The van der Waals surface area contributed by atoms with E-state index in [9.17, 15) is 23.9 Å². The smallest absolute Gasteiger partial charge is 0.436 e. The molecular weight excluding hydrogens is 557 g/mol. The highest BCUT2D eigenvalue weighted by Gasteiger charge is 2.49. The molecule has 1 aliphatic heterocycles. The van der Waals surface area contributed by atoms with Gasteiger partial charge in [-0.25, -0.2) is 14.0 Å². The Morgan fingerprint density at radius 2 is 1.88 bits per heavy atom. The Morgan fingerprint density at radius 1 is 1.21 bits per heavy atom. The van der Waals surface area contributed by atoms with Crippen molar-refractivity contribution < 1.29 is 28.6 Å². The maximum Gasteiger partial charge on any atom is 0.436 e. The number of rotatable bonds is 8. The number of fused-ring (bicyclic) bond motifs is 1. The van der Waals surface area contributed by atoms with Crippen molar-refractivity contribution in [3.8, 4) is 0 Å². The fourth-order valence-electron chi connectivity index (χ4n) is 6.12. The number of benzene rings is 1. The van der Waals surface area contributed by atoms with Gasteiger partial charge in [-0.2, -0.15) is 24.7 Å². The van der Waals surface area contributed by atoms with E-state index in [1.165, 1.54) is 12.1 Å². The molecule has 2 aromatic rings. The summed E-state index contributed by atoms with van der Waals surface area (Å²) in [6.07, 6.45) is 2.02. The van der Waals surface area contributed by atoms with Crippen LogP contribution in [0, 0.1) is 5.82 Å². The largest absolute Gasteiger partial charge is 0.448 e. The zero-order valence-corrected chi connectivity index (χ0v) is 26.9. The van der Waals surface area contributed by atoms with Gasteiger partial charge in [-0.05, 0) is 52.3 Å². The van der Waals surface area contributed by atoms with Gasteiger partial charge >= 0.3 is 12.1 Å². The average molecular weight is 602 g/mol. The third-order valence-corrected chi connectivity index (χ3v) is 12.4. The number of carbonyl (C=O) groups excluding carboxylic acids is 3. The molecule has 0 radical (unpaired) electrons. The van der Waals surface area contributed by atoms with Crippen molar-refractivity contribution in [1.82, 2.24) is 20.0 Å². The number of ether oxygens (including phenoxy) is 1. The summed E-state index contributed by atoms with van der Waals surface area (Å²) < 4.78 is 20.4. The predicted molar refractivity (Wildman–Crippen MR) is 160 cm³/mol. The molecule has 1 fully saturated rings. The van der Waals surface area contributed by atoms with Crippen LogP contribution >= 0.6 is 0 Å². The van der Waals surface area contributed by atoms with E-state index in [2.05, 4.69) is 35.4 Å². The number of anilines is 1. The van der Waals surface area contributed by atoms with E-state index >= 15 is 0 Å². The summed E-state index contributed by atoms with van der Waals surface area (Å²) >= 11 is 0. The molecule has 3 amide bonds. The van der Waals surface area contributed by atoms with Gasteiger partial charge in [0.1, 0.15) is 11.6 Å². The number of aromatic nitrogens is 2. The van der Waals surface area contributed by atoms with Crippen molar-refractivity contribution in [3.63, 3.8) is 0 Å². The highest BCUT2D eigenvalue weighted by Crippen LogP contribution is 2.56. The number of amides is 3. The second-order valence-electron chi connectivity index (χ2n) is 13.6. The molecule has 10 nitrogen and oxygen atoms in total. The standard InChI is InChI=1S/C30H44FN5O5Si/c1-9-41-27(39)36-24(33-25(37)30(14-11-15-30)42(6,7)8)21-18-35(29(4,5)23(21)34-36)26(38)32-22(17-28(2,3)40)19-12-10-13-20(31)16-19/h10,12-13,16,22,40H,9,11,14-15,17-18H2,1-8H3,(H,32,38)(H,33,37)/q-1/t22-/m1/s1. The lowest BCUT2D eigenvalue weighted by atomic mass is 9.83. The fraction of sp³-hybridized carbons (Fsp3) is 0.600. The maximum absolute atomic E-state index is 14.1. The summed E-state index contributed by atoms with van der Waals surface area (Å²) in [5.41, 5.74) is -0.546. The Bertz CT molecular complexity index is 1370. The van der Waals surface area contributed by atoms with Gasteiger partial charge in [-0.1, -0.05) is 36.4 Å². The second-order valence-corrected chi connectivity index (χ2v) is 19.1. The van der Waals surface area contributed by atoms with Crippen LogP contribution in [0.5, 0.6) is 0 Å². The Hall–Kier alpha value is -3.25. The molecule has 231 valence electrons. The van der Waals surface area contributed by atoms with Crippen molar-refractivity contribution in [2.24, 2.45) is 0 Å². The Morgan fingerprint density at radius 3 is 2.40 bits per heavy atom. The lowest BCUT2D eigenvalue weighted by Gasteiger charge is -2.57. The molecule has 0 bridgehead atoms. The van der Waals surface area contributed by atoms with Crippen LogP contribution in [-0.4, -0.2) is 58.1 Å². The van der Waals surface area contributed by atoms with Gasteiger partial charge < -0.3 is 25.4 Å². The first-order valence-electron chi connectivity index (χ1n) is 14.6. The third-order valence-electron chi connectivity index (χ3n) is 8.80. The summed E-state index contributed by atoms with van der Waals surface area (Å²) in [7, 11) is -1.92. The van der Waals surface area contributed by atoms with Crippen molar-refractivity contribution >= 4 is 31.9 Å². The zero-order chi connectivity index (χ0) is 31.3. The molecule has 2 heterocycles. The topological polar surface area (TPSA) is 126 Å². The van der Waals surface area contributed by atoms with E-state index in [-0.39, 0.29) is 31.3 Å². The van der Waals surface area contributed by atoms with E-state index in [0.29, 0.717) is 16.8 Å². The lowest BCUT2D eigenvalue weighted by Crippen LogP contribution is -2.52. The Labute approximate surface area is 248 Å². The first kappa shape index (κ1) is 31.7. The number of aliphatic hydroxyl groups is 1. The third kappa shape index (κ3) is 5.83. The van der Waals surface area contributed by atoms with E-state index in [1.807, 2.05) is 13.8 Å². The minimum absolute atomic E-state index is 0.0710. The van der Waals surface area contributed by atoms with E-state index in [0.717, 1.165) is 23.9 Å². The zero-order valence-electron chi connectivity index (χ0n) is 25.9. The molecule has 42 heavy (non-hydrogen) atoms. The fourth-order valence-corrected chi connectivity index (χ4v) is 8.72. The van der Waals surface area contributed by atoms with Crippen LogP contribution in [0.1, 0.15) is 83.2 Å². The van der Waals surface area contributed by atoms with Crippen LogP contribution in [0.25, 0.3) is 0 Å². The lowest BCUT2D eigenvalue weighted by molar-refractivity contribution is -0.121. The molecule has 0 unspecified atom stereocenters. The molecule has 1 aromatic heterocycles. The minimum Gasteiger partial charge on any atom is -0.448 e. The summed E-state index contributed by atoms with van der Waals surface area (Å²) in [4.78, 5) is 42.2. The molecule has 4 rings (SSSR count). The molecule has 3 N–H and O–H groups in total. The van der Waals surface area contributed by atoms with Crippen LogP contribution < -0.4 is 10.6 Å². The first-order chi connectivity index (χ1) is 19.4. The maximum atomic E-state index is 14.1. The van der Waals surface area contributed by atoms with Crippen molar-refractivity contribution in [3.05, 3.63) is 46.9 Å². The molecule has 1 aliphatic carbocycles. The summed E-state index contributed by atoms with van der Waals surface area (Å²) in [5.74, 6) is -0.349. The molecule has 2 aliphatic rings. The molecule has 0 saturated heterocycles. The number of urea groups is 1. The van der Waals surface area contributed by atoms with Gasteiger partial charge in [0.05, 0.1) is 36.0 Å². The number of hydrogen-bond donors (Lipinski definition) is 3. The van der Waals surface area contributed by atoms with Crippen LogP contribution in [0.3, 0.4) is 0 Å². The Balaban J connectivity index is 1.68.